The third-order valence-corrected chi connectivity index (χ3v) is 5.59. The van der Waals surface area contributed by atoms with Gasteiger partial charge in [0, 0.05) is 0 Å². The molecule has 0 aromatic heterocycles. The van der Waals surface area contributed by atoms with Gasteiger partial charge < -0.3 is 0 Å². The van der Waals surface area contributed by atoms with Gasteiger partial charge in [-0.15, -0.1) is 0 Å². The van der Waals surface area contributed by atoms with E-state index in [9.17, 15) is 0 Å². The molecular weight excluding hydrogens is 206 g/mol. The van der Waals surface area contributed by atoms with Crippen molar-refractivity contribution in [3.63, 3.8) is 0 Å². The molecule has 0 aromatic carbocycles. The normalized spacial score (nSPS) is 22.9. The third kappa shape index (κ3) is 2.92. The van der Waals surface area contributed by atoms with Crippen LogP contribution in [0.2, 0.25) is 0 Å². The van der Waals surface area contributed by atoms with Crippen LogP contribution in [0, 0.1) is 0 Å². The Bertz CT molecular complexity index is 353. The molecule has 2 heteroatoms. The first-order chi connectivity index (χ1) is 7.68. The Hall–Kier alpha value is 0.247. The van der Waals surface area contributed by atoms with Crippen LogP contribution < -0.4 is 0 Å². The minimum atomic E-state index is 0.980. The summed E-state index contributed by atoms with van der Waals surface area (Å²) in [4.78, 5) is 0. The quantitative estimate of drug-likeness (QED) is 0.487. The molecule has 16 heavy (non-hydrogen) atoms. The summed E-state index contributed by atoms with van der Waals surface area (Å²) in [6, 6.07) is 0. The second-order valence-electron chi connectivity index (χ2n) is 5.28. The molecule has 1 fully saturated rings. The van der Waals surface area contributed by atoms with Gasteiger partial charge >= 0.3 is 111 Å². The molecular formula is C14H20LiP. The van der Waals surface area contributed by atoms with Crippen LogP contribution in [0.1, 0.15) is 46.0 Å². The third-order valence-electron chi connectivity index (χ3n) is 3.66. The van der Waals surface area contributed by atoms with E-state index in [1.807, 2.05) is 0 Å². The average Bonchev–Trinajstić information content (AvgIpc) is 2.62. The molecule has 0 aliphatic heterocycles. The molecule has 2 aliphatic rings. The Morgan fingerprint density at radius 1 is 1.19 bits per heavy atom. The van der Waals surface area contributed by atoms with E-state index in [1.165, 1.54) is 47.5 Å². The Labute approximate surface area is 111 Å². The zero-order valence-electron chi connectivity index (χ0n) is 10.8. The molecule has 0 spiro atoms. The second kappa shape index (κ2) is 5.73. The maximum atomic E-state index is 2.32. The molecule has 0 bridgehead atoms. The summed E-state index contributed by atoms with van der Waals surface area (Å²) in [6.07, 6.45) is 11.9. The van der Waals surface area contributed by atoms with Crippen molar-refractivity contribution < 1.29 is 0 Å². The van der Waals surface area contributed by atoms with Crippen LogP contribution in [-0.4, -0.2) is 23.4 Å². The average molecular weight is 226 g/mol. The summed E-state index contributed by atoms with van der Waals surface area (Å²) in [5.41, 5.74) is 3.99. The van der Waals surface area contributed by atoms with Gasteiger partial charge in [0.05, 0.1) is 0 Å². The molecule has 1 unspecified atom stereocenters. The van der Waals surface area contributed by atoms with Crippen LogP contribution in [0.5, 0.6) is 0 Å². The van der Waals surface area contributed by atoms with Crippen molar-refractivity contribution in [1.29, 1.82) is 0 Å². The van der Waals surface area contributed by atoms with Crippen molar-refractivity contribution in [2.75, 3.05) is 0 Å². The number of allylic oxidation sites excluding steroid dienone is 6. The van der Waals surface area contributed by atoms with Crippen molar-refractivity contribution in [2.45, 2.75) is 51.6 Å². The van der Waals surface area contributed by atoms with E-state index < -0.39 is 0 Å². The van der Waals surface area contributed by atoms with E-state index in [4.69, 9.17) is 0 Å². The van der Waals surface area contributed by atoms with E-state index in [1.54, 1.807) is 5.31 Å². The molecule has 0 radical (unpaired) electrons. The SMILES string of the molecule is [Li][C]1=C(PC2CCCCC2)C(=C(C)C)C=C1. The molecule has 0 aromatic rings. The molecule has 0 N–H and O–H groups in total. The second-order valence-corrected chi connectivity index (χ2v) is 6.89. The standard InChI is InChI=1S/C14H20P.Li/c1-11(2)13-9-6-10-14(13)15-12-7-4-3-5-8-12;/h6,9,12,15H,3-5,7-8H2,1-2H3;. The molecule has 2 rings (SSSR count). The van der Waals surface area contributed by atoms with Gasteiger partial charge in [-0.1, -0.05) is 0 Å². The summed E-state index contributed by atoms with van der Waals surface area (Å²) in [6.45, 7) is 4.48. The fourth-order valence-electron chi connectivity index (χ4n) is 2.65. The Balaban J connectivity index is 2.09. The molecule has 1 atom stereocenters. The van der Waals surface area contributed by atoms with Crippen LogP contribution >= 0.6 is 8.58 Å². The molecule has 0 nitrogen and oxygen atoms in total. The van der Waals surface area contributed by atoms with Crippen molar-refractivity contribution in [2.24, 2.45) is 0 Å². The number of hydrogen-bond acceptors (Lipinski definition) is 0. The van der Waals surface area contributed by atoms with Crippen LogP contribution in [0.4, 0.5) is 0 Å². The first kappa shape index (κ1) is 12.7. The molecule has 82 valence electrons. The Kier molecular flexibility index (Phi) is 4.54. The molecule has 2 aliphatic carbocycles. The van der Waals surface area contributed by atoms with E-state index in [0.29, 0.717) is 0 Å². The summed E-state index contributed by atoms with van der Waals surface area (Å²) in [7, 11) is 1.05. The van der Waals surface area contributed by atoms with Crippen LogP contribution in [-0.2, 0) is 0 Å². The van der Waals surface area contributed by atoms with Gasteiger partial charge in [0.25, 0.3) is 0 Å². The maximum absolute atomic E-state index is 2.32. The van der Waals surface area contributed by atoms with Gasteiger partial charge in [0.1, 0.15) is 0 Å². The fourth-order valence-corrected chi connectivity index (χ4v) is 4.55. The van der Waals surface area contributed by atoms with Gasteiger partial charge in [0.2, 0.25) is 0 Å². The Morgan fingerprint density at radius 2 is 1.88 bits per heavy atom. The Morgan fingerprint density at radius 3 is 2.50 bits per heavy atom. The predicted octanol–water partition coefficient (Wildman–Crippen LogP) is 4.28. The summed E-state index contributed by atoms with van der Waals surface area (Å²) >= 11 is 2.28. The number of hydrogen-bond donors (Lipinski definition) is 0. The predicted molar refractivity (Wildman–Crippen MR) is 75.5 cm³/mol. The first-order valence-corrected chi connectivity index (χ1v) is 7.59. The van der Waals surface area contributed by atoms with Gasteiger partial charge in [-0.3, -0.25) is 0 Å². The minimum absolute atomic E-state index is 0.980. The summed E-state index contributed by atoms with van der Waals surface area (Å²) < 4.78 is 1.51. The van der Waals surface area contributed by atoms with Gasteiger partial charge in [0.15, 0.2) is 0 Å². The van der Waals surface area contributed by atoms with Crippen molar-refractivity contribution in [3.05, 3.63) is 32.9 Å². The van der Waals surface area contributed by atoms with Crippen LogP contribution in [0.25, 0.3) is 0 Å². The first-order valence-electron chi connectivity index (χ1n) is 6.52. The monoisotopic (exact) mass is 226 g/mol. The summed E-state index contributed by atoms with van der Waals surface area (Å²) in [5.74, 6) is 0. The van der Waals surface area contributed by atoms with Crippen molar-refractivity contribution >= 4 is 26.3 Å². The zero-order chi connectivity index (χ0) is 11.5. The zero-order valence-corrected chi connectivity index (χ0v) is 11.8. The molecule has 0 saturated heterocycles. The van der Waals surface area contributed by atoms with E-state index in [2.05, 4.69) is 43.7 Å². The molecule has 0 amide bonds. The van der Waals surface area contributed by atoms with E-state index >= 15 is 0 Å². The topological polar surface area (TPSA) is 0 Å². The molecule has 1 saturated carbocycles. The van der Waals surface area contributed by atoms with Crippen LogP contribution in [0.3, 0.4) is 0 Å². The van der Waals surface area contributed by atoms with Gasteiger partial charge in [-0.05, 0) is 0 Å². The van der Waals surface area contributed by atoms with Crippen molar-refractivity contribution in [1.82, 2.24) is 0 Å². The number of rotatable bonds is 2. The van der Waals surface area contributed by atoms with E-state index in [-0.39, 0.29) is 0 Å². The fraction of sp³-hybridized carbons (Fsp3) is 0.571. The van der Waals surface area contributed by atoms with Crippen molar-refractivity contribution in [3.8, 4) is 0 Å². The summed E-state index contributed by atoms with van der Waals surface area (Å²) in [5, 5.41) is 1.66. The molecule has 0 heterocycles. The van der Waals surface area contributed by atoms with Crippen LogP contribution in [0.15, 0.2) is 32.9 Å². The van der Waals surface area contributed by atoms with Gasteiger partial charge in [-0.25, -0.2) is 0 Å². The van der Waals surface area contributed by atoms with E-state index in [0.717, 1.165) is 14.2 Å². The van der Waals surface area contributed by atoms with Gasteiger partial charge in [-0.2, -0.15) is 0 Å².